The third kappa shape index (κ3) is 31.3. The van der Waals surface area contributed by atoms with E-state index < -0.39 is 11.9 Å². The number of carboxylic acids is 2. The van der Waals surface area contributed by atoms with E-state index in [1.54, 1.807) is 0 Å². The van der Waals surface area contributed by atoms with Crippen LogP contribution in [-0.4, -0.2) is 11.9 Å². The van der Waals surface area contributed by atoms with Gasteiger partial charge in [0.1, 0.15) is 0 Å². The first kappa shape index (κ1) is 21.9. The topological polar surface area (TPSA) is 80.3 Å². The SMILES string of the molecule is CCCCCC(=O)[O-].CCCCCC(=O)[O-].[Ti+2]. The number of carbonyl (C=O) groups excluding carboxylic acids is 2. The minimum atomic E-state index is -0.932. The standard InChI is InChI=1S/2C6H12O2.Ti/c2*1-2-3-4-5-6(7)8;/h2*2-5H2,1H3,(H,7,8);/q;;+2/p-2. The van der Waals surface area contributed by atoms with E-state index in [0.29, 0.717) is 0 Å². The Bertz CT molecular complexity index is 163. The molecule has 0 atom stereocenters. The number of carbonyl (C=O) groups is 2. The van der Waals surface area contributed by atoms with Crippen molar-refractivity contribution in [2.75, 3.05) is 0 Å². The van der Waals surface area contributed by atoms with Crippen molar-refractivity contribution in [3.05, 3.63) is 0 Å². The molecule has 98 valence electrons. The van der Waals surface area contributed by atoms with E-state index in [9.17, 15) is 19.8 Å². The Morgan fingerprint density at radius 2 is 1.06 bits per heavy atom. The number of hydrogen-bond donors (Lipinski definition) is 0. The van der Waals surface area contributed by atoms with Gasteiger partial charge in [-0.25, -0.2) is 0 Å². The molecule has 0 unspecified atom stereocenters. The molecule has 0 aliphatic carbocycles. The largest absolute Gasteiger partial charge is 2.00 e. The minimum Gasteiger partial charge on any atom is -0.550 e. The summed E-state index contributed by atoms with van der Waals surface area (Å²) < 4.78 is 0. The maximum absolute atomic E-state index is 9.76. The van der Waals surface area contributed by atoms with Crippen LogP contribution < -0.4 is 10.2 Å². The molecule has 0 bridgehead atoms. The number of rotatable bonds is 8. The summed E-state index contributed by atoms with van der Waals surface area (Å²) in [6.45, 7) is 4.07. The fourth-order valence-corrected chi connectivity index (χ4v) is 1.04. The second-order valence-corrected chi connectivity index (χ2v) is 3.66. The quantitative estimate of drug-likeness (QED) is 0.482. The second kappa shape index (κ2) is 18.0. The molecule has 0 rings (SSSR count). The van der Waals surface area contributed by atoms with Crippen LogP contribution in [0.3, 0.4) is 0 Å². The first-order valence-corrected chi connectivity index (χ1v) is 5.94. The first-order chi connectivity index (χ1) is 7.54. The van der Waals surface area contributed by atoms with Crippen molar-refractivity contribution >= 4 is 11.9 Å². The van der Waals surface area contributed by atoms with Gasteiger partial charge in [-0.3, -0.25) is 0 Å². The zero-order valence-corrected chi connectivity index (χ0v) is 12.4. The molecule has 0 N–H and O–H groups in total. The third-order valence-electron chi connectivity index (χ3n) is 1.97. The molecule has 0 saturated heterocycles. The number of unbranched alkanes of at least 4 members (excludes halogenated alkanes) is 4. The van der Waals surface area contributed by atoms with Crippen molar-refractivity contribution in [2.24, 2.45) is 0 Å². The fourth-order valence-electron chi connectivity index (χ4n) is 1.04. The van der Waals surface area contributed by atoms with Crippen molar-refractivity contribution in [2.45, 2.75) is 65.2 Å². The molecule has 17 heavy (non-hydrogen) atoms. The van der Waals surface area contributed by atoms with Crippen LogP contribution in [0.4, 0.5) is 0 Å². The Hall–Kier alpha value is -0.346. The molecule has 0 aromatic heterocycles. The van der Waals surface area contributed by atoms with Gasteiger partial charge in [-0.2, -0.15) is 0 Å². The second-order valence-electron chi connectivity index (χ2n) is 3.66. The average Bonchev–Trinajstić information content (AvgIpc) is 2.18. The summed E-state index contributed by atoms with van der Waals surface area (Å²) in [6, 6.07) is 0. The first-order valence-electron chi connectivity index (χ1n) is 5.94. The molecule has 5 heteroatoms. The van der Waals surface area contributed by atoms with Crippen LogP contribution in [0.2, 0.25) is 0 Å². The van der Waals surface area contributed by atoms with Gasteiger partial charge in [-0.1, -0.05) is 39.5 Å². The molecule has 4 nitrogen and oxygen atoms in total. The summed E-state index contributed by atoms with van der Waals surface area (Å²) in [6.07, 6.45) is 6.07. The molecule has 0 aromatic rings. The number of aliphatic carboxylic acids is 2. The summed E-state index contributed by atoms with van der Waals surface area (Å²) in [5.74, 6) is -1.86. The van der Waals surface area contributed by atoms with Gasteiger partial charge in [0.05, 0.1) is 0 Å². The average molecular weight is 278 g/mol. The number of carboxylic acid groups (broad SMARTS) is 2. The summed E-state index contributed by atoms with van der Waals surface area (Å²) in [5.41, 5.74) is 0. The summed E-state index contributed by atoms with van der Waals surface area (Å²) in [7, 11) is 0. The van der Waals surface area contributed by atoms with Crippen LogP contribution in [0.1, 0.15) is 65.2 Å². The van der Waals surface area contributed by atoms with Crippen LogP contribution >= 0.6 is 0 Å². The van der Waals surface area contributed by atoms with Crippen LogP contribution in [0.25, 0.3) is 0 Å². The molecular weight excluding hydrogens is 256 g/mol. The van der Waals surface area contributed by atoms with Gasteiger partial charge in [-0.05, 0) is 25.7 Å². The molecule has 0 aliphatic heterocycles. The van der Waals surface area contributed by atoms with Gasteiger partial charge in [-0.15, -0.1) is 0 Å². The van der Waals surface area contributed by atoms with E-state index >= 15 is 0 Å². The van der Waals surface area contributed by atoms with Gasteiger partial charge in [0.25, 0.3) is 0 Å². The van der Waals surface area contributed by atoms with Gasteiger partial charge < -0.3 is 19.8 Å². The van der Waals surface area contributed by atoms with Crippen LogP contribution in [0.15, 0.2) is 0 Å². The van der Waals surface area contributed by atoms with Gasteiger partial charge >= 0.3 is 21.7 Å². The van der Waals surface area contributed by atoms with E-state index in [1.165, 1.54) is 0 Å². The summed E-state index contributed by atoms with van der Waals surface area (Å²) >= 11 is 0. The van der Waals surface area contributed by atoms with Gasteiger partial charge in [0, 0.05) is 11.9 Å². The summed E-state index contributed by atoms with van der Waals surface area (Å²) in [5, 5.41) is 19.5. The molecule has 0 heterocycles. The van der Waals surface area contributed by atoms with Crippen molar-refractivity contribution < 1.29 is 41.5 Å². The number of hydrogen-bond acceptors (Lipinski definition) is 4. The van der Waals surface area contributed by atoms with Gasteiger partial charge in [0.2, 0.25) is 0 Å². The molecule has 0 aromatic carbocycles. The Morgan fingerprint density at radius 3 is 1.24 bits per heavy atom. The maximum atomic E-state index is 9.76. The van der Waals surface area contributed by atoms with E-state index in [-0.39, 0.29) is 34.6 Å². The molecule has 0 aliphatic rings. The zero-order valence-electron chi connectivity index (χ0n) is 10.8. The zero-order chi connectivity index (χ0) is 12.8. The summed E-state index contributed by atoms with van der Waals surface area (Å²) in [4.78, 5) is 19.5. The van der Waals surface area contributed by atoms with Crippen LogP contribution in [-0.2, 0) is 31.3 Å². The Morgan fingerprint density at radius 1 is 0.765 bits per heavy atom. The Balaban J connectivity index is -0.000000218. The predicted octanol–water partition coefficient (Wildman–Crippen LogP) is 0.631. The maximum Gasteiger partial charge on any atom is 2.00 e. The Kier molecular flexibility index (Phi) is 23.2. The van der Waals surface area contributed by atoms with Crippen molar-refractivity contribution in [3.8, 4) is 0 Å². The Labute approximate surface area is 119 Å². The van der Waals surface area contributed by atoms with Crippen molar-refractivity contribution in [3.63, 3.8) is 0 Å². The molecule has 0 saturated carbocycles. The monoisotopic (exact) mass is 278 g/mol. The van der Waals surface area contributed by atoms with E-state index in [2.05, 4.69) is 0 Å². The molecule has 0 radical (unpaired) electrons. The van der Waals surface area contributed by atoms with E-state index in [1.807, 2.05) is 13.8 Å². The normalized spacial score (nSPS) is 8.59. The molecule has 0 spiro atoms. The van der Waals surface area contributed by atoms with Gasteiger partial charge in [0.15, 0.2) is 0 Å². The third-order valence-corrected chi connectivity index (χ3v) is 1.97. The van der Waals surface area contributed by atoms with E-state index in [4.69, 9.17) is 0 Å². The van der Waals surface area contributed by atoms with Crippen LogP contribution in [0, 0.1) is 0 Å². The van der Waals surface area contributed by atoms with Crippen LogP contribution in [0.5, 0.6) is 0 Å². The smallest absolute Gasteiger partial charge is 0.550 e. The van der Waals surface area contributed by atoms with Crippen molar-refractivity contribution in [1.29, 1.82) is 0 Å². The fraction of sp³-hybridized carbons (Fsp3) is 0.833. The predicted molar refractivity (Wildman–Crippen MR) is 58.3 cm³/mol. The van der Waals surface area contributed by atoms with Crippen molar-refractivity contribution in [1.82, 2.24) is 0 Å². The van der Waals surface area contributed by atoms with E-state index in [0.717, 1.165) is 38.5 Å². The molecule has 0 amide bonds. The molecule has 0 fully saturated rings. The molecular formula is C12H22O4Ti. The minimum absolute atomic E-state index is 0.